The molecule has 1 aromatic carbocycles. The van der Waals surface area contributed by atoms with Gasteiger partial charge >= 0.3 is 0 Å². The largest absolute Gasteiger partial charge is 0.367 e. The molecule has 0 atom stereocenters. The zero-order valence-corrected chi connectivity index (χ0v) is 10.6. The lowest BCUT2D eigenvalue weighted by Gasteiger charge is -2.15. The van der Waals surface area contributed by atoms with Gasteiger partial charge in [0.15, 0.2) is 0 Å². The SMILES string of the molecule is Fc1ccc(-c2c[nH]cc2CN2CCCC2)c(F)c1. The third-order valence-corrected chi connectivity index (χ3v) is 3.65. The van der Waals surface area contributed by atoms with Crippen LogP contribution in [0.1, 0.15) is 18.4 Å². The molecule has 2 heterocycles. The minimum Gasteiger partial charge on any atom is -0.367 e. The fourth-order valence-corrected chi connectivity index (χ4v) is 2.67. The van der Waals surface area contributed by atoms with E-state index in [4.69, 9.17) is 0 Å². The van der Waals surface area contributed by atoms with E-state index in [1.54, 1.807) is 6.20 Å². The monoisotopic (exact) mass is 262 g/mol. The molecule has 1 aliphatic rings. The van der Waals surface area contributed by atoms with Gasteiger partial charge in [0.05, 0.1) is 0 Å². The topological polar surface area (TPSA) is 19.0 Å². The summed E-state index contributed by atoms with van der Waals surface area (Å²) in [5.41, 5.74) is 2.34. The molecule has 19 heavy (non-hydrogen) atoms. The number of aromatic amines is 1. The fraction of sp³-hybridized carbons (Fsp3) is 0.333. The van der Waals surface area contributed by atoms with E-state index in [1.165, 1.54) is 25.0 Å². The van der Waals surface area contributed by atoms with Gasteiger partial charge in [0.25, 0.3) is 0 Å². The zero-order valence-electron chi connectivity index (χ0n) is 10.6. The first kappa shape index (κ1) is 12.4. The second kappa shape index (κ2) is 5.13. The first-order valence-electron chi connectivity index (χ1n) is 6.57. The number of hydrogen-bond acceptors (Lipinski definition) is 1. The molecule has 4 heteroatoms. The Morgan fingerprint density at radius 3 is 2.58 bits per heavy atom. The number of aromatic nitrogens is 1. The van der Waals surface area contributed by atoms with E-state index >= 15 is 0 Å². The number of nitrogens with zero attached hydrogens (tertiary/aromatic N) is 1. The molecule has 1 aromatic heterocycles. The van der Waals surface area contributed by atoms with Crippen molar-refractivity contribution in [3.8, 4) is 11.1 Å². The van der Waals surface area contributed by atoms with Crippen LogP contribution in [0.2, 0.25) is 0 Å². The molecule has 0 spiro atoms. The van der Waals surface area contributed by atoms with Crippen LogP contribution in [0.15, 0.2) is 30.6 Å². The molecule has 0 radical (unpaired) electrons. The van der Waals surface area contributed by atoms with Crippen LogP contribution in [-0.2, 0) is 6.54 Å². The van der Waals surface area contributed by atoms with Gasteiger partial charge in [-0.1, -0.05) is 0 Å². The van der Waals surface area contributed by atoms with Crippen LogP contribution in [0.25, 0.3) is 11.1 Å². The number of hydrogen-bond donors (Lipinski definition) is 1. The van der Waals surface area contributed by atoms with Crippen molar-refractivity contribution in [2.45, 2.75) is 19.4 Å². The molecular weight excluding hydrogens is 246 g/mol. The Balaban J connectivity index is 1.90. The number of likely N-dealkylation sites (tertiary alicyclic amines) is 1. The molecule has 2 nitrogen and oxygen atoms in total. The van der Waals surface area contributed by atoms with E-state index in [-0.39, 0.29) is 0 Å². The number of H-pyrrole nitrogens is 1. The van der Waals surface area contributed by atoms with Crippen molar-refractivity contribution in [3.05, 3.63) is 47.8 Å². The zero-order chi connectivity index (χ0) is 13.2. The molecule has 100 valence electrons. The van der Waals surface area contributed by atoms with Crippen molar-refractivity contribution in [2.24, 2.45) is 0 Å². The molecule has 0 unspecified atom stereocenters. The van der Waals surface area contributed by atoms with Gasteiger partial charge in [0.2, 0.25) is 0 Å². The summed E-state index contributed by atoms with van der Waals surface area (Å²) in [4.78, 5) is 5.38. The van der Waals surface area contributed by atoms with Gasteiger partial charge in [0.1, 0.15) is 11.6 Å². The minimum atomic E-state index is -0.544. The molecule has 0 bridgehead atoms. The van der Waals surface area contributed by atoms with Gasteiger partial charge in [-0.05, 0) is 43.6 Å². The highest BCUT2D eigenvalue weighted by Crippen LogP contribution is 2.28. The van der Waals surface area contributed by atoms with Crippen LogP contribution in [0.4, 0.5) is 8.78 Å². The van der Waals surface area contributed by atoms with Gasteiger partial charge in [-0.25, -0.2) is 8.78 Å². The lowest BCUT2D eigenvalue weighted by atomic mass is 10.0. The molecule has 0 aliphatic carbocycles. The highest BCUT2D eigenvalue weighted by molar-refractivity contribution is 5.67. The Hall–Kier alpha value is -1.68. The van der Waals surface area contributed by atoms with Gasteiger partial charge in [-0.3, -0.25) is 4.90 Å². The van der Waals surface area contributed by atoms with Crippen LogP contribution in [0, 0.1) is 11.6 Å². The van der Waals surface area contributed by atoms with Crippen LogP contribution >= 0.6 is 0 Å². The van der Waals surface area contributed by atoms with E-state index in [2.05, 4.69) is 9.88 Å². The highest BCUT2D eigenvalue weighted by Gasteiger charge is 2.16. The quantitative estimate of drug-likeness (QED) is 0.896. The van der Waals surface area contributed by atoms with Crippen LogP contribution in [0.5, 0.6) is 0 Å². The molecular formula is C15H16F2N2. The minimum absolute atomic E-state index is 0.455. The van der Waals surface area contributed by atoms with E-state index in [1.807, 2.05) is 6.20 Å². The van der Waals surface area contributed by atoms with Crippen molar-refractivity contribution in [1.29, 1.82) is 0 Å². The average molecular weight is 262 g/mol. The molecule has 1 fully saturated rings. The summed E-state index contributed by atoms with van der Waals surface area (Å²) >= 11 is 0. The molecule has 1 aliphatic heterocycles. The van der Waals surface area contributed by atoms with Crippen LogP contribution in [0.3, 0.4) is 0 Å². The van der Waals surface area contributed by atoms with Gasteiger partial charge in [-0.15, -0.1) is 0 Å². The lowest BCUT2D eigenvalue weighted by Crippen LogP contribution is -2.18. The smallest absolute Gasteiger partial charge is 0.134 e. The number of nitrogens with one attached hydrogen (secondary N) is 1. The van der Waals surface area contributed by atoms with E-state index in [9.17, 15) is 8.78 Å². The summed E-state index contributed by atoms with van der Waals surface area (Å²) < 4.78 is 26.8. The van der Waals surface area contributed by atoms with Crippen molar-refractivity contribution < 1.29 is 8.78 Å². The second-order valence-electron chi connectivity index (χ2n) is 5.00. The third kappa shape index (κ3) is 2.54. The number of halogens is 2. The van der Waals surface area contributed by atoms with E-state index in [0.717, 1.165) is 36.8 Å². The number of benzene rings is 1. The summed E-state index contributed by atoms with van der Waals surface area (Å²) in [6.07, 6.45) is 6.13. The summed E-state index contributed by atoms with van der Waals surface area (Å²) in [5, 5.41) is 0. The first-order valence-corrected chi connectivity index (χ1v) is 6.57. The summed E-state index contributed by atoms with van der Waals surface area (Å²) in [6.45, 7) is 3.00. The van der Waals surface area contributed by atoms with Gasteiger partial charge in [-0.2, -0.15) is 0 Å². The van der Waals surface area contributed by atoms with Gasteiger partial charge < -0.3 is 4.98 Å². The van der Waals surface area contributed by atoms with E-state index in [0.29, 0.717) is 5.56 Å². The molecule has 2 aromatic rings. The predicted molar refractivity (Wildman–Crippen MR) is 70.7 cm³/mol. The Kier molecular flexibility index (Phi) is 3.34. The Bertz CT molecular complexity index is 571. The van der Waals surface area contributed by atoms with E-state index < -0.39 is 11.6 Å². The van der Waals surface area contributed by atoms with Crippen LogP contribution in [-0.4, -0.2) is 23.0 Å². The van der Waals surface area contributed by atoms with Crippen molar-refractivity contribution in [3.63, 3.8) is 0 Å². The summed E-state index contributed by atoms with van der Waals surface area (Å²) in [6, 6.07) is 3.73. The van der Waals surface area contributed by atoms with Crippen molar-refractivity contribution in [2.75, 3.05) is 13.1 Å². The van der Waals surface area contributed by atoms with Crippen molar-refractivity contribution in [1.82, 2.24) is 9.88 Å². The second-order valence-corrected chi connectivity index (χ2v) is 5.00. The lowest BCUT2D eigenvalue weighted by molar-refractivity contribution is 0.332. The Morgan fingerprint density at radius 2 is 1.84 bits per heavy atom. The Morgan fingerprint density at radius 1 is 1.05 bits per heavy atom. The molecule has 3 rings (SSSR count). The summed E-state index contributed by atoms with van der Waals surface area (Å²) in [7, 11) is 0. The Labute approximate surface area is 111 Å². The molecule has 0 saturated carbocycles. The van der Waals surface area contributed by atoms with Gasteiger partial charge in [0, 0.05) is 36.1 Å². The fourth-order valence-electron chi connectivity index (χ4n) is 2.67. The average Bonchev–Trinajstić information content (AvgIpc) is 3.02. The summed E-state index contributed by atoms with van der Waals surface area (Å²) in [5.74, 6) is -1.06. The molecule has 1 N–H and O–H groups in total. The predicted octanol–water partition coefficient (Wildman–Crippen LogP) is 3.56. The standard InChI is InChI=1S/C15H16F2N2/c16-12-3-4-13(15(17)7-12)14-9-18-8-11(14)10-19-5-1-2-6-19/h3-4,7-9,18H,1-2,5-6,10H2. The molecule has 1 saturated heterocycles. The normalized spacial score (nSPS) is 16.1. The number of rotatable bonds is 3. The van der Waals surface area contributed by atoms with Crippen molar-refractivity contribution >= 4 is 0 Å². The maximum Gasteiger partial charge on any atom is 0.134 e. The first-order chi connectivity index (χ1) is 9.24. The molecule has 0 amide bonds. The highest BCUT2D eigenvalue weighted by atomic mass is 19.1. The van der Waals surface area contributed by atoms with Crippen LogP contribution < -0.4 is 0 Å². The maximum atomic E-state index is 13.8. The third-order valence-electron chi connectivity index (χ3n) is 3.65. The maximum absolute atomic E-state index is 13.8.